The van der Waals surface area contributed by atoms with Gasteiger partial charge in [0.15, 0.2) is 0 Å². The van der Waals surface area contributed by atoms with Crippen LogP contribution < -0.4 is 10.6 Å². The Hall–Kier alpha value is -2.90. The summed E-state index contributed by atoms with van der Waals surface area (Å²) in [5.74, 6) is -1.70. The monoisotopic (exact) mass is 418 g/mol. The fourth-order valence-corrected chi connectivity index (χ4v) is 3.52. The van der Waals surface area contributed by atoms with Crippen LogP contribution in [0.2, 0.25) is 0 Å². The zero-order valence-electron chi connectivity index (χ0n) is 17.1. The molecule has 1 aliphatic carbocycles. The number of unbranched alkanes of at least 4 members (excludes halogenated alkanes) is 2. The lowest BCUT2D eigenvalue weighted by Crippen LogP contribution is -2.47. The van der Waals surface area contributed by atoms with E-state index in [0.29, 0.717) is 45.1 Å². The minimum absolute atomic E-state index is 0.0570. The van der Waals surface area contributed by atoms with Gasteiger partial charge in [-0.1, -0.05) is 36.8 Å². The lowest BCUT2D eigenvalue weighted by molar-refractivity contribution is -0.144. The summed E-state index contributed by atoms with van der Waals surface area (Å²) in [4.78, 5) is 46.8. The second-order valence-corrected chi connectivity index (χ2v) is 7.58. The summed E-state index contributed by atoms with van der Waals surface area (Å²) in [6.45, 7) is 0.654. The second-order valence-electron chi connectivity index (χ2n) is 7.58. The predicted molar refractivity (Wildman–Crippen MR) is 110 cm³/mol. The quantitative estimate of drug-likeness (QED) is 0.475. The van der Waals surface area contributed by atoms with Gasteiger partial charge in [0.2, 0.25) is 5.91 Å². The van der Waals surface area contributed by atoms with Crippen LogP contribution in [-0.4, -0.2) is 41.4 Å². The molecular weight excluding hydrogens is 388 g/mol. The SMILES string of the molecule is O=C1CCC[C@H]([C@H](NC(=O)CCCCCNC(=O)OCc2ccccc2)C(=O)O)C1. The highest BCUT2D eigenvalue weighted by molar-refractivity contribution is 5.85. The largest absolute Gasteiger partial charge is 0.480 e. The van der Waals surface area contributed by atoms with Crippen molar-refractivity contribution in [3.63, 3.8) is 0 Å². The molecular formula is C22H30N2O6. The first-order valence-corrected chi connectivity index (χ1v) is 10.4. The Morgan fingerprint density at radius 3 is 2.60 bits per heavy atom. The molecule has 0 heterocycles. The average Bonchev–Trinajstić information content (AvgIpc) is 2.73. The van der Waals surface area contributed by atoms with Gasteiger partial charge in [-0.05, 0) is 37.2 Å². The van der Waals surface area contributed by atoms with Crippen LogP contribution in [0.15, 0.2) is 30.3 Å². The van der Waals surface area contributed by atoms with Crippen LogP contribution in [0.25, 0.3) is 0 Å². The number of nitrogens with one attached hydrogen (secondary N) is 2. The molecule has 3 N–H and O–H groups in total. The molecule has 8 nitrogen and oxygen atoms in total. The standard InChI is InChI=1S/C22H30N2O6/c25-18-11-7-10-17(14-18)20(21(27)28)24-19(26)12-5-2-6-13-23-22(29)30-15-16-8-3-1-4-9-16/h1,3-4,8-9,17,20H,2,5-7,10-15H2,(H,23,29)(H,24,26)(H,27,28)/t17-,20-/m0/s1. The van der Waals surface area contributed by atoms with Crippen LogP contribution in [0.3, 0.4) is 0 Å². The van der Waals surface area contributed by atoms with Gasteiger partial charge >= 0.3 is 12.1 Å². The van der Waals surface area contributed by atoms with Crippen molar-refractivity contribution >= 4 is 23.8 Å². The molecule has 0 spiro atoms. The Balaban J connectivity index is 1.56. The van der Waals surface area contributed by atoms with Crippen molar-refractivity contribution in [2.45, 2.75) is 64.0 Å². The van der Waals surface area contributed by atoms with Gasteiger partial charge in [0.25, 0.3) is 0 Å². The van der Waals surface area contributed by atoms with E-state index >= 15 is 0 Å². The summed E-state index contributed by atoms with van der Waals surface area (Å²) >= 11 is 0. The molecule has 8 heteroatoms. The van der Waals surface area contributed by atoms with Crippen LogP contribution in [0.1, 0.15) is 56.9 Å². The number of carboxylic acids is 1. The number of carbonyl (C=O) groups excluding carboxylic acids is 3. The third-order valence-corrected chi connectivity index (χ3v) is 5.14. The molecule has 0 radical (unpaired) electrons. The number of ketones is 1. The highest BCUT2D eigenvalue weighted by atomic mass is 16.5. The molecule has 164 valence electrons. The molecule has 2 amide bonds. The zero-order valence-corrected chi connectivity index (χ0v) is 17.1. The van der Waals surface area contributed by atoms with Crippen molar-refractivity contribution in [2.75, 3.05) is 6.54 Å². The fraction of sp³-hybridized carbons (Fsp3) is 0.545. The number of rotatable bonds is 11. The first-order valence-electron chi connectivity index (χ1n) is 10.4. The molecule has 0 aromatic heterocycles. The van der Waals surface area contributed by atoms with E-state index in [1.807, 2.05) is 30.3 Å². The minimum atomic E-state index is -1.10. The molecule has 2 rings (SSSR count). The second kappa shape index (κ2) is 12.6. The first-order chi connectivity index (χ1) is 14.5. The maximum Gasteiger partial charge on any atom is 0.407 e. The number of ether oxygens (including phenoxy) is 1. The van der Waals surface area contributed by atoms with E-state index in [1.54, 1.807) is 0 Å². The van der Waals surface area contributed by atoms with Gasteiger partial charge in [0.05, 0.1) is 0 Å². The van der Waals surface area contributed by atoms with Crippen molar-refractivity contribution < 1.29 is 29.0 Å². The van der Waals surface area contributed by atoms with E-state index in [9.17, 15) is 24.3 Å². The van der Waals surface area contributed by atoms with Gasteiger partial charge < -0.3 is 20.5 Å². The lowest BCUT2D eigenvalue weighted by Gasteiger charge is -2.27. The summed E-state index contributed by atoms with van der Waals surface area (Å²) in [6.07, 6.45) is 3.72. The van der Waals surface area contributed by atoms with Crippen LogP contribution in [0, 0.1) is 5.92 Å². The number of hydrogen-bond acceptors (Lipinski definition) is 5. The summed E-state index contributed by atoms with van der Waals surface area (Å²) in [7, 11) is 0. The Labute approximate surface area is 176 Å². The molecule has 0 saturated heterocycles. The van der Waals surface area contributed by atoms with Gasteiger partial charge in [-0.15, -0.1) is 0 Å². The van der Waals surface area contributed by atoms with Crippen LogP contribution >= 0.6 is 0 Å². The Kier molecular flexibility index (Phi) is 9.83. The van der Waals surface area contributed by atoms with E-state index < -0.39 is 18.1 Å². The number of hydrogen-bond donors (Lipinski definition) is 3. The topological polar surface area (TPSA) is 122 Å². The molecule has 0 bridgehead atoms. The molecule has 1 fully saturated rings. The highest BCUT2D eigenvalue weighted by Crippen LogP contribution is 2.24. The zero-order chi connectivity index (χ0) is 21.8. The van der Waals surface area contributed by atoms with E-state index in [4.69, 9.17) is 4.74 Å². The number of benzene rings is 1. The molecule has 1 aromatic carbocycles. The number of amides is 2. The van der Waals surface area contributed by atoms with Crippen LogP contribution in [0.4, 0.5) is 4.79 Å². The molecule has 30 heavy (non-hydrogen) atoms. The van der Waals surface area contributed by atoms with E-state index in [-0.39, 0.29) is 37.1 Å². The van der Waals surface area contributed by atoms with Crippen molar-refractivity contribution in [3.8, 4) is 0 Å². The van der Waals surface area contributed by atoms with Gasteiger partial charge in [0, 0.05) is 25.8 Å². The number of carboxylic acid groups (broad SMARTS) is 1. The lowest BCUT2D eigenvalue weighted by atomic mass is 9.83. The Morgan fingerprint density at radius 2 is 1.90 bits per heavy atom. The number of Topliss-reactive ketones (excluding diaryl/α,β-unsaturated/α-hetero) is 1. The van der Waals surface area contributed by atoms with Crippen LogP contribution in [-0.2, 0) is 25.7 Å². The van der Waals surface area contributed by atoms with Crippen molar-refractivity contribution in [1.82, 2.24) is 10.6 Å². The molecule has 1 saturated carbocycles. The number of carbonyl (C=O) groups is 4. The maximum absolute atomic E-state index is 12.1. The normalized spacial score (nSPS) is 17.1. The van der Waals surface area contributed by atoms with Gasteiger partial charge in [-0.25, -0.2) is 9.59 Å². The van der Waals surface area contributed by atoms with Gasteiger partial charge in [0.1, 0.15) is 18.4 Å². The third kappa shape index (κ3) is 8.63. The van der Waals surface area contributed by atoms with E-state index in [2.05, 4.69) is 10.6 Å². The smallest absolute Gasteiger partial charge is 0.407 e. The molecule has 1 aromatic rings. The first kappa shape index (κ1) is 23.4. The van der Waals surface area contributed by atoms with Gasteiger partial charge in [-0.2, -0.15) is 0 Å². The Bertz CT molecular complexity index is 722. The summed E-state index contributed by atoms with van der Waals surface area (Å²) in [5.41, 5.74) is 0.913. The van der Waals surface area contributed by atoms with E-state index in [1.165, 1.54) is 0 Å². The maximum atomic E-state index is 12.1. The van der Waals surface area contributed by atoms with Crippen LogP contribution in [0.5, 0.6) is 0 Å². The fourth-order valence-electron chi connectivity index (χ4n) is 3.52. The highest BCUT2D eigenvalue weighted by Gasteiger charge is 2.33. The van der Waals surface area contributed by atoms with Crippen molar-refractivity contribution in [1.29, 1.82) is 0 Å². The summed E-state index contributed by atoms with van der Waals surface area (Å²) < 4.78 is 5.11. The summed E-state index contributed by atoms with van der Waals surface area (Å²) in [5, 5.41) is 14.6. The Morgan fingerprint density at radius 1 is 1.13 bits per heavy atom. The number of aliphatic carboxylic acids is 1. The molecule has 0 aliphatic heterocycles. The van der Waals surface area contributed by atoms with Crippen molar-refractivity contribution in [2.24, 2.45) is 5.92 Å². The third-order valence-electron chi connectivity index (χ3n) is 5.14. The summed E-state index contributed by atoms with van der Waals surface area (Å²) in [6, 6.07) is 8.38. The number of alkyl carbamates (subject to hydrolysis) is 1. The predicted octanol–water partition coefficient (Wildman–Crippen LogP) is 2.80. The molecule has 2 atom stereocenters. The molecule has 0 unspecified atom stereocenters. The molecule has 1 aliphatic rings. The van der Waals surface area contributed by atoms with Crippen molar-refractivity contribution in [3.05, 3.63) is 35.9 Å². The minimum Gasteiger partial charge on any atom is -0.480 e. The van der Waals surface area contributed by atoms with Gasteiger partial charge in [-0.3, -0.25) is 9.59 Å². The van der Waals surface area contributed by atoms with E-state index in [0.717, 1.165) is 5.56 Å². The average molecular weight is 418 g/mol.